The van der Waals surface area contributed by atoms with E-state index in [2.05, 4.69) is 0 Å². The zero-order valence-corrected chi connectivity index (χ0v) is 2.94. The summed E-state index contributed by atoms with van der Waals surface area (Å²) in [5.74, 6) is 0. The van der Waals surface area contributed by atoms with Crippen molar-refractivity contribution in [3.63, 3.8) is 0 Å². The summed E-state index contributed by atoms with van der Waals surface area (Å²) in [5.41, 5.74) is 0. The molecule has 0 bridgehead atoms. The molecule has 4 heteroatoms. The smallest absolute Gasteiger partial charge is 0.255 e. The molecule has 0 rings (SSSR count). The van der Waals surface area contributed by atoms with Crippen LogP contribution in [0.1, 0.15) is 0 Å². The fourth-order valence-corrected chi connectivity index (χ4v) is 0. The standard InChI is InChI=1S/CH3F.Al.Mg.Mn.5H/c1-2;;;;;;;;/h1H3;;;;;;;;. The molecule has 0 fully saturated rings. The molecule has 0 saturated heterocycles. The molecular weight excluding hydrogens is 137 g/mol. The molecule has 0 atom stereocenters. The van der Waals surface area contributed by atoms with Gasteiger partial charge in [-0.1, -0.05) is 0 Å². The van der Waals surface area contributed by atoms with Crippen LogP contribution in [0.2, 0.25) is 0 Å². The van der Waals surface area contributed by atoms with Gasteiger partial charge in [0.15, 0.2) is 17.4 Å². The molecule has 0 aromatic carbocycles. The molecule has 0 amide bonds. The number of alkyl halides is 1. The van der Waals surface area contributed by atoms with Crippen molar-refractivity contribution >= 4 is 40.4 Å². The Bertz CT molecular complexity index is 11.6. The van der Waals surface area contributed by atoms with Crippen LogP contribution in [-0.4, -0.2) is 47.6 Å². The van der Waals surface area contributed by atoms with E-state index in [0.29, 0.717) is 7.18 Å². The molecule has 0 saturated carbocycles. The van der Waals surface area contributed by atoms with Crippen LogP contribution in [0.4, 0.5) is 4.39 Å². The number of hydrogen-bond donors (Lipinski definition) is 0. The quantitative estimate of drug-likeness (QED) is 0.363. The Balaban J connectivity index is -0.00000000167. The van der Waals surface area contributed by atoms with Crippen molar-refractivity contribution < 1.29 is 21.5 Å². The fourth-order valence-electron chi connectivity index (χ4n) is 0. The maximum atomic E-state index is 9.50. The first-order valence-electron chi connectivity index (χ1n) is 0.378. The molecule has 0 unspecified atom stereocenters. The summed E-state index contributed by atoms with van der Waals surface area (Å²) in [5, 5.41) is 0. The molecular formula is CH8AlFMgMn. The first-order chi connectivity index (χ1) is 1.00. The fraction of sp³-hybridized carbons (Fsp3) is 1.00. The molecule has 0 aromatic heterocycles. The van der Waals surface area contributed by atoms with Gasteiger partial charge in [-0.2, -0.15) is 0 Å². The maximum absolute atomic E-state index is 9.50. The van der Waals surface area contributed by atoms with E-state index in [0.717, 1.165) is 0 Å². The van der Waals surface area contributed by atoms with E-state index in [4.69, 9.17) is 0 Å². The number of halogens is 1. The molecule has 5 heavy (non-hydrogen) atoms. The Hall–Kier alpha value is 1.75. The Morgan fingerprint density at radius 3 is 1.20 bits per heavy atom. The second kappa shape index (κ2) is 42.4. The van der Waals surface area contributed by atoms with Crippen molar-refractivity contribution in [3.05, 3.63) is 0 Å². The molecule has 0 heterocycles. The molecule has 0 spiro atoms. The zero-order chi connectivity index (χ0) is 2.00. The van der Waals surface area contributed by atoms with Crippen molar-refractivity contribution in [3.8, 4) is 0 Å². The van der Waals surface area contributed by atoms with E-state index in [1.807, 2.05) is 0 Å². The molecule has 0 aliphatic rings. The van der Waals surface area contributed by atoms with Crippen LogP contribution in [0.3, 0.4) is 0 Å². The third-order valence-corrected chi connectivity index (χ3v) is 0. The minimum absolute atomic E-state index is 0. The molecule has 0 aliphatic heterocycles. The Morgan fingerprint density at radius 1 is 1.20 bits per heavy atom. The molecule has 0 nitrogen and oxygen atoms in total. The van der Waals surface area contributed by atoms with Gasteiger partial charge < -0.3 is 0 Å². The normalized spacial score (nSPS) is 1.20. The van der Waals surface area contributed by atoms with Crippen LogP contribution in [-0.2, 0) is 17.1 Å². The van der Waals surface area contributed by atoms with E-state index < -0.39 is 0 Å². The van der Waals surface area contributed by atoms with Gasteiger partial charge in [-0.05, 0) is 0 Å². The molecule has 31 valence electrons. The Morgan fingerprint density at radius 2 is 1.20 bits per heavy atom. The van der Waals surface area contributed by atoms with Crippen molar-refractivity contribution in [1.29, 1.82) is 0 Å². The van der Waals surface area contributed by atoms with Gasteiger partial charge in [0.05, 0.1) is 7.18 Å². The minimum Gasteiger partial charge on any atom is -0.255 e. The van der Waals surface area contributed by atoms with Gasteiger partial charge in [0.2, 0.25) is 0 Å². The van der Waals surface area contributed by atoms with Crippen molar-refractivity contribution in [1.82, 2.24) is 0 Å². The molecule has 0 N–H and O–H groups in total. The van der Waals surface area contributed by atoms with Crippen molar-refractivity contribution in [2.24, 2.45) is 0 Å². The second-order valence-corrected chi connectivity index (χ2v) is 0. The Kier molecular flexibility index (Phi) is 250. The average Bonchev–Trinajstić information content (AvgIpc) is 1.00. The maximum Gasteiger partial charge on any atom is 0.316 e. The van der Waals surface area contributed by atoms with Crippen molar-refractivity contribution in [2.75, 3.05) is 7.18 Å². The third-order valence-electron chi connectivity index (χ3n) is 0. The largest absolute Gasteiger partial charge is 0.316 e. The van der Waals surface area contributed by atoms with E-state index in [1.165, 1.54) is 0 Å². The van der Waals surface area contributed by atoms with Gasteiger partial charge in [0, 0.05) is 17.1 Å². The number of rotatable bonds is 0. The van der Waals surface area contributed by atoms with Crippen LogP contribution in [0.5, 0.6) is 0 Å². The number of hydrogen-bond acceptors (Lipinski definition) is 0. The molecule has 0 aromatic rings. The first kappa shape index (κ1) is 29.5. The van der Waals surface area contributed by atoms with E-state index >= 15 is 0 Å². The topological polar surface area (TPSA) is 0 Å². The monoisotopic (exact) mass is 145 g/mol. The van der Waals surface area contributed by atoms with Gasteiger partial charge in [-0.15, -0.1) is 0 Å². The third kappa shape index (κ3) is 26.4. The van der Waals surface area contributed by atoms with Crippen LogP contribution in [0.25, 0.3) is 0 Å². The summed E-state index contributed by atoms with van der Waals surface area (Å²) in [4.78, 5) is 0. The summed E-state index contributed by atoms with van der Waals surface area (Å²) >= 11 is 0. The average molecular weight is 145 g/mol. The predicted octanol–water partition coefficient (Wildman–Crippen LogP) is -1.52. The summed E-state index contributed by atoms with van der Waals surface area (Å²) in [6.45, 7) is 0. The molecule has 1 radical (unpaired) electrons. The van der Waals surface area contributed by atoms with Crippen LogP contribution in [0, 0.1) is 0 Å². The van der Waals surface area contributed by atoms with Crippen LogP contribution >= 0.6 is 0 Å². The van der Waals surface area contributed by atoms with Crippen molar-refractivity contribution in [2.45, 2.75) is 0 Å². The summed E-state index contributed by atoms with van der Waals surface area (Å²) in [7, 11) is 0.500. The van der Waals surface area contributed by atoms with Gasteiger partial charge >= 0.3 is 23.1 Å². The van der Waals surface area contributed by atoms with E-state index in [1.54, 1.807) is 0 Å². The van der Waals surface area contributed by atoms with Crippen LogP contribution in [0.15, 0.2) is 0 Å². The molecule has 0 aliphatic carbocycles. The van der Waals surface area contributed by atoms with E-state index in [9.17, 15) is 4.39 Å². The van der Waals surface area contributed by atoms with Gasteiger partial charge in [-0.3, -0.25) is 4.39 Å². The second-order valence-electron chi connectivity index (χ2n) is 0. The van der Waals surface area contributed by atoms with E-state index in [-0.39, 0.29) is 57.5 Å². The Labute approximate surface area is 68.6 Å². The van der Waals surface area contributed by atoms with Crippen LogP contribution < -0.4 is 0 Å². The van der Waals surface area contributed by atoms with Gasteiger partial charge in [0.1, 0.15) is 0 Å². The SMILES string of the molecule is CF.[AlH3].[MgH2].[Mn]. The zero-order valence-electron chi connectivity index (χ0n) is 1.76. The summed E-state index contributed by atoms with van der Waals surface area (Å²) in [6.07, 6.45) is 0. The summed E-state index contributed by atoms with van der Waals surface area (Å²) in [6, 6.07) is 0. The minimum atomic E-state index is 0. The predicted molar refractivity (Wildman–Crippen MR) is 25.5 cm³/mol. The van der Waals surface area contributed by atoms with Gasteiger partial charge in [0.25, 0.3) is 0 Å². The first-order valence-corrected chi connectivity index (χ1v) is 0.378. The summed E-state index contributed by atoms with van der Waals surface area (Å²) < 4.78 is 9.50. The van der Waals surface area contributed by atoms with Gasteiger partial charge in [-0.25, -0.2) is 0 Å².